The van der Waals surface area contributed by atoms with Gasteiger partial charge < -0.3 is 23.7 Å². The summed E-state index contributed by atoms with van der Waals surface area (Å²) in [6, 6.07) is 5.51. The van der Waals surface area contributed by atoms with Crippen molar-refractivity contribution in [3.05, 3.63) is 42.0 Å². The van der Waals surface area contributed by atoms with E-state index in [1.165, 1.54) is 6.08 Å². The monoisotopic (exact) mass is 336 g/mol. The third kappa shape index (κ3) is 7.80. The lowest BCUT2D eigenvalue weighted by atomic mass is 10.2. The van der Waals surface area contributed by atoms with Gasteiger partial charge in [0.2, 0.25) is 0 Å². The van der Waals surface area contributed by atoms with Gasteiger partial charge >= 0.3 is 5.97 Å². The first-order valence-electron chi connectivity index (χ1n) is 7.60. The molecule has 0 saturated heterocycles. The first kappa shape index (κ1) is 19.7. The summed E-state index contributed by atoms with van der Waals surface area (Å²) in [6.07, 6.45) is 6.58. The number of rotatable bonds is 11. The highest BCUT2D eigenvalue weighted by Crippen LogP contribution is 2.28. The van der Waals surface area contributed by atoms with Crippen LogP contribution < -0.4 is 9.47 Å². The van der Waals surface area contributed by atoms with E-state index in [1.807, 2.05) is 18.2 Å². The van der Waals surface area contributed by atoms with E-state index in [-0.39, 0.29) is 12.8 Å². The highest BCUT2D eigenvalue weighted by molar-refractivity contribution is 5.82. The van der Waals surface area contributed by atoms with Crippen LogP contribution in [0.5, 0.6) is 11.5 Å². The smallest absolute Gasteiger partial charge is 0.330 e. The summed E-state index contributed by atoms with van der Waals surface area (Å²) >= 11 is 0. The summed E-state index contributed by atoms with van der Waals surface area (Å²) < 4.78 is 25.8. The quantitative estimate of drug-likeness (QED) is 0.204. The van der Waals surface area contributed by atoms with Gasteiger partial charge in [0.25, 0.3) is 0 Å². The summed E-state index contributed by atoms with van der Waals surface area (Å²) in [5.74, 6) is 0.824. The van der Waals surface area contributed by atoms with E-state index in [0.717, 1.165) is 5.56 Å². The van der Waals surface area contributed by atoms with Crippen molar-refractivity contribution in [2.75, 3.05) is 40.8 Å². The second kappa shape index (κ2) is 12.2. The van der Waals surface area contributed by atoms with Crippen molar-refractivity contribution in [3.8, 4) is 11.5 Å². The number of carbonyl (C=O) groups is 1. The van der Waals surface area contributed by atoms with E-state index in [2.05, 4.69) is 0 Å². The average Bonchev–Trinajstić information content (AvgIpc) is 2.59. The minimum atomic E-state index is -0.367. The number of carbonyl (C=O) groups excluding carboxylic acids is 1. The van der Waals surface area contributed by atoms with Gasteiger partial charge in [-0.2, -0.15) is 0 Å². The number of ether oxygens (including phenoxy) is 5. The molecule has 1 aromatic carbocycles. The van der Waals surface area contributed by atoms with Crippen LogP contribution in [0, 0.1) is 0 Å². The molecule has 0 aliphatic heterocycles. The molecule has 1 rings (SSSR count). The standard InChI is InChI=1S/C18H24O6/c1-4-23-18(19)8-6-5-7-15-9-10-16(21-3)17(13-15)24-14-22-12-11-20-2/h5-10,13H,4,11-12,14H2,1-3H3/b7-5+,8-6+. The Morgan fingerprint density at radius 1 is 1.12 bits per heavy atom. The molecule has 0 spiro atoms. The third-order valence-electron chi connectivity index (χ3n) is 2.84. The number of benzene rings is 1. The van der Waals surface area contributed by atoms with Crippen molar-refractivity contribution in [2.45, 2.75) is 6.92 Å². The van der Waals surface area contributed by atoms with Crippen molar-refractivity contribution in [2.24, 2.45) is 0 Å². The molecule has 0 aliphatic rings. The molecule has 6 heteroatoms. The molecule has 0 fully saturated rings. The van der Waals surface area contributed by atoms with Crippen LogP contribution in [-0.4, -0.2) is 46.8 Å². The fourth-order valence-corrected chi connectivity index (χ4v) is 1.71. The first-order valence-corrected chi connectivity index (χ1v) is 7.60. The maximum absolute atomic E-state index is 11.2. The molecule has 0 amide bonds. The zero-order chi connectivity index (χ0) is 17.6. The van der Waals surface area contributed by atoms with Crippen LogP contribution in [0.15, 0.2) is 36.4 Å². The maximum Gasteiger partial charge on any atom is 0.330 e. The van der Waals surface area contributed by atoms with E-state index < -0.39 is 0 Å². The Morgan fingerprint density at radius 2 is 1.96 bits per heavy atom. The van der Waals surface area contributed by atoms with Crippen LogP contribution >= 0.6 is 0 Å². The topological polar surface area (TPSA) is 63.2 Å². The Hall–Kier alpha value is -2.31. The molecule has 0 saturated carbocycles. The Balaban J connectivity index is 2.62. The SMILES string of the molecule is CCOC(=O)/C=C/C=C/c1ccc(OC)c(OCOCCOC)c1. The highest BCUT2D eigenvalue weighted by Gasteiger charge is 2.04. The highest BCUT2D eigenvalue weighted by atomic mass is 16.7. The second-order valence-corrected chi connectivity index (χ2v) is 4.54. The van der Waals surface area contributed by atoms with Gasteiger partial charge in [-0.3, -0.25) is 0 Å². The fraction of sp³-hybridized carbons (Fsp3) is 0.389. The molecule has 0 heterocycles. The molecular weight excluding hydrogens is 312 g/mol. The van der Waals surface area contributed by atoms with Gasteiger partial charge in [-0.25, -0.2) is 4.79 Å². The number of hydrogen-bond donors (Lipinski definition) is 0. The Morgan fingerprint density at radius 3 is 2.67 bits per heavy atom. The van der Waals surface area contributed by atoms with E-state index in [1.54, 1.807) is 39.4 Å². The summed E-state index contributed by atoms with van der Waals surface area (Å²) in [5, 5.41) is 0. The molecule has 132 valence electrons. The average molecular weight is 336 g/mol. The zero-order valence-electron chi connectivity index (χ0n) is 14.3. The molecule has 0 N–H and O–H groups in total. The zero-order valence-corrected chi connectivity index (χ0v) is 14.3. The molecule has 0 atom stereocenters. The van der Waals surface area contributed by atoms with E-state index in [9.17, 15) is 4.79 Å². The minimum Gasteiger partial charge on any atom is -0.493 e. The largest absolute Gasteiger partial charge is 0.493 e. The van der Waals surface area contributed by atoms with Crippen molar-refractivity contribution < 1.29 is 28.5 Å². The molecule has 0 bridgehead atoms. The molecule has 0 aromatic heterocycles. The predicted molar refractivity (Wildman–Crippen MR) is 91.1 cm³/mol. The number of esters is 1. The molecule has 24 heavy (non-hydrogen) atoms. The molecular formula is C18H24O6. The normalized spacial score (nSPS) is 11.1. The van der Waals surface area contributed by atoms with Crippen LogP contribution in [0.4, 0.5) is 0 Å². The van der Waals surface area contributed by atoms with Crippen molar-refractivity contribution in [3.63, 3.8) is 0 Å². The van der Waals surface area contributed by atoms with E-state index in [0.29, 0.717) is 31.3 Å². The lowest BCUT2D eigenvalue weighted by Crippen LogP contribution is -2.08. The second-order valence-electron chi connectivity index (χ2n) is 4.54. The summed E-state index contributed by atoms with van der Waals surface area (Å²) in [4.78, 5) is 11.2. The molecule has 1 aromatic rings. The molecule has 0 aliphatic carbocycles. The van der Waals surface area contributed by atoms with Gasteiger partial charge in [0, 0.05) is 13.2 Å². The number of allylic oxidation sites excluding steroid dienone is 2. The predicted octanol–water partition coefficient (Wildman–Crippen LogP) is 2.83. The van der Waals surface area contributed by atoms with Gasteiger partial charge in [-0.05, 0) is 24.6 Å². The summed E-state index contributed by atoms with van der Waals surface area (Å²) in [6.45, 7) is 3.20. The van der Waals surface area contributed by atoms with Crippen LogP contribution in [-0.2, 0) is 19.0 Å². The van der Waals surface area contributed by atoms with E-state index in [4.69, 9.17) is 23.7 Å². The maximum atomic E-state index is 11.2. The van der Waals surface area contributed by atoms with Crippen LogP contribution in [0.2, 0.25) is 0 Å². The Bertz CT molecular complexity index is 550. The van der Waals surface area contributed by atoms with Gasteiger partial charge in [0.05, 0.1) is 26.9 Å². The van der Waals surface area contributed by atoms with Gasteiger partial charge in [-0.15, -0.1) is 0 Å². The fourth-order valence-electron chi connectivity index (χ4n) is 1.71. The molecule has 6 nitrogen and oxygen atoms in total. The molecule has 0 radical (unpaired) electrons. The lowest BCUT2D eigenvalue weighted by Gasteiger charge is -2.11. The van der Waals surface area contributed by atoms with Crippen LogP contribution in [0.3, 0.4) is 0 Å². The van der Waals surface area contributed by atoms with Gasteiger partial charge in [0.15, 0.2) is 18.3 Å². The third-order valence-corrected chi connectivity index (χ3v) is 2.84. The number of hydrogen-bond acceptors (Lipinski definition) is 6. The Kier molecular flexibility index (Phi) is 9.99. The van der Waals surface area contributed by atoms with Gasteiger partial charge in [-0.1, -0.05) is 24.3 Å². The minimum absolute atomic E-state index is 0.107. The first-order chi connectivity index (χ1) is 11.7. The van der Waals surface area contributed by atoms with Crippen LogP contribution in [0.1, 0.15) is 12.5 Å². The number of methoxy groups -OCH3 is 2. The van der Waals surface area contributed by atoms with Gasteiger partial charge in [0.1, 0.15) is 0 Å². The van der Waals surface area contributed by atoms with Crippen molar-refractivity contribution >= 4 is 12.0 Å². The van der Waals surface area contributed by atoms with Crippen molar-refractivity contribution in [1.29, 1.82) is 0 Å². The van der Waals surface area contributed by atoms with E-state index >= 15 is 0 Å². The van der Waals surface area contributed by atoms with Crippen LogP contribution in [0.25, 0.3) is 6.08 Å². The summed E-state index contributed by atoms with van der Waals surface area (Å²) in [7, 11) is 3.19. The Labute approximate surface area is 142 Å². The molecule has 0 unspecified atom stereocenters. The summed E-state index contributed by atoms with van der Waals surface area (Å²) in [5.41, 5.74) is 0.899. The van der Waals surface area contributed by atoms with Crippen molar-refractivity contribution in [1.82, 2.24) is 0 Å². The lowest BCUT2D eigenvalue weighted by molar-refractivity contribution is -0.137.